The van der Waals surface area contributed by atoms with Crippen molar-refractivity contribution in [3.05, 3.63) is 65.2 Å². The van der Waals surface area contributed by atoms with Gasteiger partial charge < -0.3 is 25.6 Å². The van der Waals surface area contributed by atoms with Crippen LogP contribution >= 0.6 is 0 Å². The number of carbonyl (C=O) groups excluding carboxylic acids is 3. The molecule has 1 atom stereocenters. The van der Waals surface area contributed by atoms with E-state index in [1.54, 1.807) is 37.3 Å². The maximum absolute atomic E-state index is 12.1. The summed E-state index contributed by atoms with van der Waals surface area (Å²) in [6.45, 7) is 1.75. The molecule has 0 bridgehead atoms. The highest BCUT2D eigenvalue weighted by Crippen LogP contribution is 2.17. The van der Waals surface area contributed by atoms with E-state index in [2.05, 4.69) is 10.1 Å². The third-order valence-corrected chi connectivity index (χ3v) is 3.74. The largest absolute Gasteiger partial charge is 0.508 e. The lowest BCUT2D eigenvalue weighted by Crippen LogP contribution is -2.44. The van der Waals surface area contributed by atoms with Crippen molar-refractivity contribution in [3.8, 4) is 5.75 Å². The number of primary amides is 1. The molecule has 0 aliphatic rings. The Morgan fingerprint density at radius 2 is 1.85 bits per heavy atom. The zero-order valence-electron chi connectivity index (χ0n) is 14.7. The molecule has 0 radical (unpaired) electrons. The fraction of sp³-hybridized carbons (Fsp3) is 0.211. The SMILES string of the molecule is Cc1cc(O)ccc1C[C@H](NC(=O)OCc1ccccc1)C(=O)OC(N)=O. The molecule has 0 fully saturated rings. The number of nitrogens with one attached hydrogen (secondary N) is 1. The lowest BCUT2D eigenvalue weighted by molar-refractivity contribution is -0.139. The molecule has 0 aliphatic carbocycles. The second-order valence-electron chi connectivity index (χ2n) is 5.81. The number of carbonyl (C=O) groups is 3. The van der Waals surface area contributed by atoms with Crippen LogP contribution < -0.4 is 11.1 Å². The van der Waals surface area contributed by atoms with Crippen LogP contribution in [0.1, 0.15) is 16.7 Å². The quantitative estimate of drug-likeness (QED) is 0.526. The number of amides is 2. The smallest absolute Gasteiger partial charge is 0.412 e. The first-order valence-corrected chi connectivity index (χ1v) is 8.12. The van der Waals surface area contributed by atoms with Crippen LogP contribution in [0.5, 0.6) is 5.75 Å². The summed E-state index contributed by atoms with van der Waals surface area (Å²) in [6, 6.07) is 12.4. The normalized spacial score (nSPS) is 11.3. The van der Waals surface area contributed by atoms with Gasteiger partial charge in [0.1, 0.15) is 18.4 Å². The summed E-state index contributed by atoms with van der Waals surface area (Å²) in [5, 5.41) is 11.9. The van der Waals surface area contributed by atoms with Gasteiger partial charge in [-0.15, -0.1) is 0 Å². The Kier molecular flexibility index (Phi) is 6.76. The lowest BCUT2D eigenvalue weighted by atomic mass is 10.0. The molecule has 142 valence electrons. The minimum absolute atomic E-state index is 0.0164. The van der Waals surface area contributed by atoms with Crippen LogP contribution in [0.15, 0.2) is 48.5 Å². The monoisotopic (exact) mass is 372 g/mol. The summed E-state index contributed by atoms with van der Waals surface area (Å²) in [4.78, 5) is 35.0. The zero-order valence-corrected chi connectivity index (χ0v) is 14.7. The molecule has 0 unspecified atom stereocenters. The first-order chi connectivity index (χ1) is 12.8. The fourth-order valence-electron chi connectivity index (χ4n) is 2.40. The molecule has 0 aromatic heterocycles. The summed E-state index contributed by atoms with van der Waals surface area (Å²) in [7, 11) is 0. The lowest BCUT2D eigenvalue weighted by Gasteiger charge is -2.17. The van der Waals surface area contributed by atoms with Crippen LogP contribution in [0.25, 0.3) is 0 Å². The van der Waals surface area contributed by atoms with Crippen molar-refractivity contribution in [2.45, 2.75) is 26.0 Å². The standard InChI is InChI=1S/C19H20N2O6/c1-12-9-15(22)8-7-14(12)10-16(17(23)27-18(20)24)21-19(25)26-11-13-5-3-2-4-6-13/h2-9,16,22H,10-11H2,1H3,(H2,20,24)(H,21,25)/t16-/m0/s1. The van der Waals surface area contributed by atoms with E-state index in [9.17, 15) is 19.5 Å². The highest BCUT2D eigenvalue weighted by atomic mass is 16.6. The number of nitrogens with two attached hydrogens (primary N) is 1. The first-order valence-electron chi connectivity index (χ1n) is 8.12. The molecular weight excluding hydrogens is 352 g/mol. The summed E-state index contributed by atoms with van der Waals surface area (Å²) < 4.78 is 9.48. The van der Waals surface area contributed by atoms with E-state index in [1.165, 1.54) is 12.1 Å². The van der Waals surface area contributed by atoms with Crippen molar-refractivity contribution < 1.29 is 29.0 Å². The molecule has 8 nitrogen and oxygen atoms in total. The predicted molar refractivity (Wildman–Crippen MR) is 95.8 cm³/mol. The predicted octanol–water partition coefficient (Wildman–Crippen LogP) is 2.16. The Morgan fingerprint density at radius 3 is 2.48 bits per heavy atom. The molecule has 0 heterocycles. The van der Waals surface area contributed by atoms with Gasteiger partial charge in [-0.3, -0.25) is 0 Å². The molecule has 2 aromatic rings. The third kappa shape index (κ3) is 6.35. The summed E-state index contributed by atoms with van der Waals surface area (Å²) in [5.74, 6) is -0.936. The number of rotatable bonds is 6. The van der Waals surface area contributed by atoms with E-state index >= 15 is 0 Å². The Hall–Kier alpha value is -3.55. The van der Waals surface area contributed by atoms with Crippen molar-refractivity contribution >= 4 is 18.2 Å². The highest BCUT2D eigenvalue weighted by molar-refractivity contribution is 5.89. The van der Waals surface area contributed by atoms with E-state index in [-0.39, 0.29) is 18.8 Å². The van der Waals surface area contributed by atoms with Crippen LogP contribution in [0, 0.1) is 6.92 Å². The molecule has 4 N–H and O–H groups in total. The molecule has 0 saturated carbocycles. The van der Waals surface area contributed by atoms with Crippen molar-refractivity contribution in [1.82, 2.24) is 5.32 Å². The third-order valence-electron chi connectivity index (χ3n) is 3.74. The van der Waals surface area contributed by atoms with Gasteiger partial charge in [0.05, 0.1) is 0 Å². The minimum Gasteiger partial charge on any atom is -0.508 e. The van der Waals surface area contributed by atoms with Gasteiger partial charge in [0, 0.05) is 6.42 Å². The van der Waals surface area contributed by atoms with E-state index in [1.807, 2.05) is 6.07 Å². The molecule has 0 saturated heterocycles. The molecule has 2 aromatic carbocycles. The Balaban J connectivity index is 2.05. The average molecular weight is 372 g/mol. The van der Waals surface area contributed by atoms with Crippen LogP contribution in [0.2, 0.25) is 0 Å². The zero-order chi connectivity index (χ0) is 19.8. The van der Waals surface area contributed by atoms with E-state index in [0.717, 1.165) is 5.56 Å². The second-order valence-corrected chi connectivity index (χ2v) is 5.81. The highest BCUT2D eigenvalue weighted by Gasteiger charge is 2.25. The number of alkyl carbamates (subject to hydrolysis) is 1. The maximum Gasteiger partial charge on any atom is 0.412 e. The Labute approximate surface area is 155 Å². The maximum atomic E-state index is 12.1. The van der Waals surface area contributed by atoms with Crippen molar-refractivity contribution in [3.63, 3.8) is 0 Å². The van der Waals surface area contributed by atoms with Crippen LogP contribution in [-0.4, -0.2) is 29.3 Å². The average Bonchev–Trinajstić information content (AvgIpc) is 2.61. The van der Waals surface area contributed by atoms with E-state index in [4.69, 9.17) is 10.5 Å². The second kappa shape index (κ2) is 9.23. The number of hydrogen-bond acceptors (Lipinski definition) is 6. The number of benzene rings is 2. The molecule has 2 rings (SSSR count). The van der Waals surface area contributed by atoms with Crippen LogP contribution in [-0.2, 0) is 27.3 Å². The number of phenols is 1. The number of ether oxygens (including phenoxy) is 2. The topological polar surface area (TPSA) is 128 Å². The number of phenolic OH excluding ortho intramolecular Hbond substituents is 1. The van der Waals surface area contributed by atoms with Gasteiger partial charge in [0.2, 0.25) is 0 Å². The van der Waals surface area contributed by atoms with Crippen molar-refractivity contribution in [2.24, 2.45) is 5.73 Å². The van der Waals surface area contributed by atoms with E-state index in [0.29, 0.717) is 11.1 Å². The number of aryl methyl sites for hydroxylation is 1. The molecule has 0 spiro atoms. The Bertz CT molecular complexity index is 822. The first kappa shape index (κ1) is 19.8. The van der Waals surface area contributed by atoms with Gasteiger partial charge in [0.15, 0.2) is 0 Å². The van der Waals surface area contributed by atoms with Crippen molar-refractivity contribution in [1.29, 1.82) is 0 Å². The molecule has 0 aliphatic heterocycles. The molecule has 27 heavy (non-hydrogen) atoms. The molecule has 8 heteroatoms. The van der Waals surface area contributed by atoms with Gasteiger partial charge in [-0.1, -0.05) is 36.4 Å². The number of aromatic hydroxyl groups is 1. The summed E-state index contributed by atoms with van der Waals surface area (Å²) >= 11 is 0. The van der Waals surface area contributed by atoms with E-state index < -0.39 is 24.2 Å². The number of hydrogen-bond donors (Lipinski definition) is 3. The Morgan fingerprint density at radius 1 is 1.15 bits per heavy atom. The van der Waals surface area contributed by atoms with Gasteiger partial charge in [-0.25, -0.2) is 14.4 Å². The van der Waals surface area contributed by atoms with Gasteiger partial charge >= 0.3 is 18.2 Å². The van der Waals surface area contributed by atoms with Crippen molar-refractivity contribution in [2.75, 3.05) is 0 Å². The minimum atomic E-state index is -1.27. The molecular formula is C19H20N2O6. The van der Waals surface area contributed by atoms with Gasteiger partial charge in [-0.2, -0.15) is 0 Å². The molecule has 2 amide bonds. The summed E-state index contributed by atoms with van der Waals surface area (Å²) in [5.41, 5.74) is 7.03. The van der Waals surface area contributed by atoms with Gasteiger partial charge in [-0.05, 0) is 35.7 Å². The number of esters is 1. The fourth-order valence-corrected chi connectivity index (χ4v) is 2.40. The van der Waals surface area contributed by atoms with Gasteiger partial charge in [0.25, 0.3) is 0 Å². The van der Waals surface area contributed by atoms with Crippen LogP contribution in [0.3, 0.4) is 0 Å². The van der Waals surface area contributed by atoms with Crippen LogP contribution in [0.4, 0.5) is 9.59 Å². The summed E-state index contributed by atoms with van der Waals surface area (Å²) in [6.07, 6.45) is -2.09.